The third kappa shape index (κ3) is 0.540. The van der Waals surface area contributed by atoms with Crippen molar-refractivity contribution in [1.82, 2.24) is 0 Å². The quantitative estimate of drug-likeness (QED) is 0.433. The van der Waals surface area contributed by atoms with Crippen LogP contribution in [0.1, 0.15) is 32.6 Å². The minimum Gasteiger partial charge on any atom is -0.0330 e. The average Bonchev–Trinajstić information content (AvgIpc) is 1.89. The molecule has 0 aromatic carbocycles. The van der Waals surface area contributed by atoms with Gasteiger partial charge in [0, 0.05) is 6.92 Å². The fourth-order valence-corrected chi connectivity index (χ4v) is 2.28. The molecule has 0 nitrogen and oxygen atoms in total. The highest BCUT2D eigenvalue weighted by atomic mass is 14.5. The van der Waals surface area contributed by atoms with Gasteiger partial charge in [0.05, 0.1) is 12.3 Å². The third-order valence-electron chi connectivity index (χ3n) is 3.23. The minimum absolute atomic E-state index is 0.401. The molecule has 2 unspecified atom stereocenters. The van der Waals surface area contributed by atoms with Crippen molar-refractivity contribution >= 4 is 0 Å². The van der Waals surface area contributed by atoms with Crippen LogP contribution in [0, 0.1) is 24.2 Å². The smallest absolute Gasteiger partial charge is 0.0330 e. The van der Waals surface area contributed by atoms with Gasteiger partial charge in [0.1, 0.15) is 19.3 Å². The van der Waals surface area contributed by atoms with Crippen LogP contribution < -0.4 is 0 Å². The molecule has 3 aliphatic carbocycles. The predicted molar refractivity (Wildman–Crippen MR) is 38.7 cm³/mol. The topological polar surface area (TPSA) is 0 Å². The summed E-state index contributed by atoms with van der Waals surface area (Å²) < 4.78 is 0. The molecule has 0 saturated heterocycles. The Morgan fingerprint density at radius 3 is 2.67 bits per heavy atom. The Hall–Kier alpha value is -0.260. The zero-order valence-corrected chi connectivity index (χ0v) is 6.11. The van der Waals surface area contributed by atoms with Crippen LogP contribution in [0.25, 0.3) is 0 Å². The maximum atomic E-state index is 4.22. The molecule has 0 heteroatoms. The second-order valence-corrected chi connectivity index (χ2v) is 3.81. The zero-order valence-electron chi connectivity index (χ0n) is 6.11. The summed E-state index contributed by atoms with van der Waals surface area (Å²) in [6.07, 6.45) is 5.64. The molecule has 3 fully saturated rings. The van der Waals surface area contributed by atoms with Crippen LogP contribution >= 0.6 is 0 Å². The Morgan fingerprint density at radius 1 is 1.67 bits per heavy atom. The maximum Gasteiger partial charge on any atom is 0.239 e. The van der Waals surface area contributed by atoms with Crippen LogP contribution in [0.4, 0.5) is 0 Å². The van der Waals surface area contributed by atoms with Gasteiger partial charge < -0.3 is 0 Å². The zero-order chi connectivity index (χ0) is 6.48. The molecule has 0 radical (unpaired) electrons. The van der Waals surface area contributed by atoms with Crippen molar-refractivity contribution in [2.24, 2.45) is 11.3 Å². The van der Waals surface area contributed by atoms with Crippen LogP contribution in [0.3, 0.4) is 0 Å². The molecule has 0 amide bonds. The van der Waals surface area contributed by atoms with Gasteiger partial charge in [-0.3, -0.25) is 0 Å². The number of fused-ring (bicyclic) bond motifs is 2. The Bertz CT molecular complexity index is 108. The van der Waals surface area contributed by atoms with E-state index in [9.17, 15) is 0 Å². The SMILES string of the molecule is [CH2+]C1(C)[C+]2CCCC1C2. The van der Waals surface area contributed by atoms with E-state index >= 15 is 0 Å². The van der Waals surface area contributed by atoms with E-state index in [4.69, 9.17) is 0 Å². The maximum absolute atomic E-state index is 4.22. The van der Waals surface area contributed by atoms with Crippen molar-refractivity contribution in [3.05, 3.63) is 12.8 Å². The van der Waals surface area contributed by atoms with E-state index in [-0.39, 0.29) is 0 Å². The Morgan fingerprint density at radius 2 is 2.44 bits per heavy atom. The van der Waals surface area contributed by atoms with Gasteiger partial charge in [-0.1, -0.05) is 0 Å². The standard InChI is InChI=1S/C9H14/c1-9(2)7-4-3-5-8(9)6-7/h7H,1,3-6H2,2H3/q+2. The van der Waals surface area contributed by atoms with E-state index in [1.54, 1.807) is 5.92 Å². The Balaban J connectivity index is 2.13. The van der Waals surface area contributed by atoms with Crippen LogP contribution in [0.15, 0.2) is 0 Å². The van der Waals surface area contributed by atoms with Gasteiger partial charge in [-0.25, -0.2) is 0 Å². The van der Waals surface area contributed by atoms with Crippen molar-refractivity contribution in [1.29, 1.82) is 0 Å². The summed E-state index contributed by atoms with van der Waals surface area (Å²) in [5, 5.41) is 0. The lowest BCUT2D eigenvalue weighted by atomic mass is 9.49. The number of hydrogen-bond donors (Lipinski definition) is 0. The van der Waals surface area contributed by atoms with Crippen molar-refractivity contribution in [3.8, 4) is 0 Å². The van der Waals surface area contributed by atoms with E-state index in [1.165, 1.54) is 25.7 Å². The highest BCUT2D eigenvalue weighted by Gasteiger charge is 2.66. The normalized spacial score (nSPS) is 48.6. The summed E-state index contributed by atoms with van der Waals surface area (Å²) >= 11 is 0. The first-order valence-corrected chi connectivity index (χ1v) is 3.92. The molecule has 0 N–H and O–H groups in total. The molecule has 0 aliphatic heterocycles. The highest BCUT2D eigenvalue weighted by Crippen LogP contribution is 2.60. The van der Waals surface area contributed by atoms with Gasteiger partial charge in [0.15, 0.2) is 0 Å². The van der Waals surface area contributed by atoms with Gasteiger partial charge in [0.2, 0.25) is 5.41 Å². The molecule has 0 aromatic heterocycles. The molecular weight excluding hydrogens is 108 g/mol. The summed E-state index contributed by atoms with van der Waals surface area (Å²) in [4.78, 5) is 0. The van der Waals surface area contributed by atoms with E-state index < -0.39 is 0 Å². The molecule has 48 valence electrons. The molecule has 2 atom stereocenters. The van der Waals surface area contributed by atoms with Crippen LogP contribution in [0.2, 0.25) is 0 Å². The lowest BCUT2D eigenvalue weighted by Gasteiger charge is -2.40. The molecular formula is C9H14+2. The highest BCUT2D eigenvalue weighted by molar-refractivity contribution is 5.22. The molecule has 0 aromatic rings. The second-order valence-electron chi connectivity index (χ2n) is 3.81. The summed E-state index contributed by atoms with van der Waals surface area (Å²) in [7, 11) is 0. The van der Waals surface area contributed by atoms with Gasteiger partial charge in [-0.15, -0.1) is 0 Å². The molecule has 3 rings (SSSR count). The molecule has 9 heavy (non-hydrogen) atoms. The van der Waals surface area contributed by atoms with Gasteiger partial charge in [0.25, 0.3) is 0 Å². The average molecular weight is 122 g/mol. The first kappa shape index (κ1) is 5.52. The van der Waals surface area contributed by atoms with Gasteiger partial charge in [-0.2, -0.15) is 0 Å². The molecule has 3 saturated carbocycles. The number of rotatable bonds is 0. The Labute approximate surface area is 57.6 Å². The Kier molecular flexibility index (Phi) is 0.870. The predicted octanol–water partition coefficient (Wildman–Crippen LogP) is 2.61. The van der Waals surface area contributed by atoms with Crippen LogP contribution in [-0.4, -0.2) is 0 Å². The van der Waals surface area contributed by atoms with Gasteiger partial charge in [-0.05, 0) is 12.8 Å². The van der Waals surface area contributed by atoms with E-state index in [0.717, 1.165) is 5.92 Å². The summed E-state index contributed by atoms with van der Waals surface area (Å²) in [5.74, 6) is 2.68. The lowest BCUT2D eigenvalue weighted by Crippen LogP contribution is -2.46. The van der Waals surface area contributed by atoms with Crippen LogP contribution in [-0.2, 0) is 0 Å². The van der Waals surface area contributed by atoms with Crippen molar-refractivity contribution in [2.45, 2.75) is 32.6 Å². The molecule has 3 aliphatic rings. The fourth-order valence-electron chi connectivity index (χ4n) is 2.28. The molecule has 0 heterocycles. The van der Waals surface area contributed by atoms with Crippen molar-refractivity contribution in [2.75, 3.05) is 0 Å². The van der Waals surface area contributed by atoms with Gasteiger partial charge >= 0.3 is 0 Å². The second kappa shape index (κ2) is 1.42. The molecule has 2 bridgehead atoms. The van der Waals surface area contributed by atoms with Crippen molar-refractivity contribution < 1.29 is 0 Å². The van der Waals surface area contributed by atoms with E-state index in [1.807, 2.05) is 0 Å². The third-order valence-corrected chi connectivity index (χ3v) is 3.23. The molecule has 0 spiro atoms. The lowest BCUT2D eigenvalue weighted by molar-refractivity contribution is 0.0833. The monoisotopic (exact) mass is 122 g/mol. The largest absolute Gasteiger partial charge is 0.239 e. The fraction of sp³-hybridized carbons (Fsp3) is 0.778. The summed E-state index contributed by atoms with van der Waals surface area (Å²) in [6, 6.07) is 0. The minimum atomic E-state index is 0.401. The van der Waals surface area contributed by atoms with E-state index in [0.29, 0.717) is 5.41 Å². The summed E-state index contributed by atoms with van der Waals surface area (Å²) in [5.41, 5.74) is 0.401. The van der Waals surface area contributed by atoms with Crippen molar-refractivity contribution in [3.63, 3.8) is 0 Å². The van der Waals surface area contributed by atoms with Crippen LogP contribution in [0.5, 0.6) is 0 Å². The van der Waals surface area contributed by atoms with E-state index in [2.05, 4.69) is 13.8 Å². The first-order valence-electron chi connectivity index (χ1n) is 3.92. The first-order chi connectivity index (χ1) is 4.21. The number of hydrogen-bond acceptors (Lipinski definition) is 0. The summed E-state index contributed by atoms with van der Waals surface area (Å²) in [6.45, 7) is 6.52.